The van der Waals surface area contributed by atoms with E-state index >= 15 is 0 Å². The molecule has 0 heterocycles. The van der Waals surface area contributed by atoms with Crippen LogP contribution in [0, 0.1) is 5.82 Å². The number of amides is 1. The Balaban J connectivity index is 2.09. The summed E-state index contributed by atoms with van der Waals surface area (Å²) in [6, 6.07) is 11.7. The van der Waals surface area contributed by atoms with Gasteiger partial charge < -0.3 is 10.5 Å². The van der Waals surface area contributed by atoms with Crippen molar-refractivity contribution in [1.29, 1.82) is 0 Å². The average molecular weight is 287 g/mol. The van der Waals surface area contributed by atoms with E-state index < -0.39 is 11.7 Å². The van der Waals surface area contributed by atoms with E-state index in [-0.39, 0.29) is 12.2 Å². The Morgan fingerprint density at radius 2 is 1.86 bits per heavy atom. The maximum Gasteiger partial charge on any atom is 0.248 e. The Kier molecular flexibility index (Phi) is 4.58. The number of nitrogens with two attached hydrogens (primary N) is 1. The van der Waals surface area contributed by atoms with Crippen LogP contribution in [-0.4, -0.2) is 5.91 Å². The summed E-state index contributed by atoms with van der Waals surface area (Å²) in [7, 11) is 0. The van der Waals surface area contributed by atoms with Crippen LogP contribution in [0.15, 0.2) is 42.5 Å². The molecule has 0 radical (unpaired) electrons. The molecular weight excluding hydrogens is 269 g/mol. The molecule has 3 nitrogen and oxygen atoms in total. The summed E-state index contributed by atoms with van der Waals surface area (Å²) in [5.41, 5.74) is 6.97. The molecule has 0 aliphatic carbocycles. The van der Waals surface area contributed by atoms with E-state index in [0.717, 1.165) is 0 Å². The van der Waals surface area contributed by atoms with Crippen molar-refractivity contribution in [2.45, 2.75) is 26.4 Å². The summed E-state index contributed by atoms with van der Waals surface area (Å²) in [5.74, 6) is 0.100. The van der Waals surface area contributed by atoms with Crippen LogP contribution in [0.5, 0.6) is 5.75 Å². The van der Waals surface area contributed by atoms with Crippen molar-refractivity contribution in [2.24, 2.45) is 5.73 Å². The van der Waals surface area contributed by atoms with E-state index in [0.29, 0.717) is 17.2 Å². The average Bonchev–Trinajstić information content (AvgIpc) is 2.46. The van der Waals surface area contributed by atoms with Gasteiger partial charge in [-0.25, -0.2) is 4.39 Å². The second kappa shape index (κ2) is 6.39. The minimum absolute atomic E-state index is 0.0496. The maximum absolute atomic E-state index is 13.7. The van der Waals surface area contributed by atoms with Crippen LogP contribution < -0.4 is 10.5 Å². The first-order chi connectivity index (χ1) is 9.97. The summed E-state index contributed by atoms with van der Waals surface area (Å²) in [4.78, 5) is 11.1. The molecule has 110 valence electrons. The molecule has 0 atom stereocenters. The van der Waals surface area contributed by atoms with E-state index in [9.17, 15) is 9.18 Å². The minimum Gasteiger partial charge on any atom is -0.489 e. The standard InChI is InChI=1S/C17H18FNO2/c1-11(2)12-3-6-15(7-4-12)21-10-14-9-13(17(19)20)5-8-16(14)18/h3-9,11H,10H2,1-2H3,(H2,19,20). The number of hydrogen-bond acceptors (Lipinski definition) is 2. The van der Waals surface area contributed by atoms with Gasteiger partial charge in [-0.1, -0.05) is 26.0 Å². The lowest BCUT2D eigenvalue weighted by Gasteiger charge is -2.10. The van der Waals surface area contributed by atoms with Crippen LogP contribution in [0.1, 0.15) is 41.3 Å². The Morgan fingerprint density at radius 1 is 1.19 bits per heavy atom. The van der Waals surface area contributed by atoms with Crippen molar-refractivity contribution >= 4 is 5.91 Å². The first kappa shape index (κ1) is 15.0. The van der Waals surface area contributed by atoms with Crippen LogP contribution >= 0.6 is 0 Å². The number of primary amides is 1. The first-order valence-electron chi connectivity index (χ1n) is 6.78. The van der Waals surface area contributed by atoms with Gasteiger partial charge in [0.25, 0.3) is 0 Å². The van der Waals surface area contributed by atoms with Gasteiger partial charge >= 0.3 is 0 Å². The number of hydrogen-bond donors (Lipinski definition) is 1. The Labute approximate surface area is 123 Å². The van der Waals surface area contributed by atoms with Crippen LogP contribution in [0.25, 0.3) is 0 Å². The van der Waals surface area contributed by atoms with Gasteiger partial charge in [-0.2, -0.15) is 0 Å². The number of carbonyl (C=O) groups is 1. The molecule has 0 aromatic heterocycles. The maximum atomic E-state index is 13.7. The SMILES string of the molecule is CC(C)c1ccc(OCc2cc(C(N)=O)ccc2F)cc1. The molecule has 2 N–H and O–H groups in total. The second-order valence-electron chi connectivity index (χ2n) is 5.18. The fourth-order valence-corrected chi connectivity index (χ4v) is 1.95. The van der Waals surface area contributed by atoms with Gasteiger partial charge in [0.2, 0.25) is 5.91 Å². The third kappa shape index (κ3) is 3.81. The van der Waals surface area contributed by atoms with Crippen LogP contribution in [0.4, 0.5) is 4.39 Å². The van der Waals surface area contributed by atoms with Gasteiger partial charge in [-0.05, 0) is 41.8 Å². The Morgan fingerprint density at radius 3 is 2.43 bits per heavy atom. The smallest absolute Gasteiger partial charge is 0.248 e. The zero-order chi connectivity index (χ0) is 15.4. The Bertz CT molecular complexity index is 636. The van der Waals surface area contributed by atoms with Crippen LogP contribution in [-0.2, 0) is 6.61 Å². The monoisotopic (exact) mass is 287 g/mol. The van der Waals surface area contributed by atoms with E-state index in [1.807, 2.05) is 24.3 Å². The van der Waals surface area contributed by atoms with Gasteiger partial charge in [0.15, 0.2) is 0 Å². The van der Waals surface area contributed by atoms with Crippen molar-refractivity contribution in [2.75, 3.05) is 0 Å². The number of benzene rings is 2. The van der Waals surface area contributed by atoms with Crippen molar-refractivity contribution in [1.82, 2.24) is 0 Å². The summed E-state index contributed by atoms with van der Waals surface area (Å²) < 4.78 is 19.2. The molecule has 0 unspecified atom stereocenters. The Hall–Kier alpha value is -2.36. The highest BCUT2D eigenvalue weighted by Crippen LogP contribution is 2.20. The molecule has 0 spiro atoms. The summed E-state index contributed by atoms with van der Waals surface area (Å²) in [6.45, 7) is 4.27. The normalized spacial score (nSPS) is 10.7. The molecule has 0 saturated carbocycles. The molecule has 0 aliphatic rings. The third-order valence-electron chi connectivity index (χ3n) is 3.27. The third-order valence-corrected chi connectivity index (χ3v) is 3.27. The summed E-state index contributed by atoms with van der Waals surface area (Å²) >= 11 is 0. The van der Waals surface area contributed by atoms with Crippen molar-refractivity contribution in [3.63, 3.8) is 0 Å². The van der Waals surface area contributed by atoms with Gasteiger partial charge in [-0.15, -0.1) is 0 Å². The van der Waals surface area contributed by atoms with Crippen molar-refractivity contribution in [3.05, 3.63) is 65.0 Å². The van der Waals surface area contributed by atoms with E-state index in [1.54, 1.807) is 0 Å². The zero-order valence-corrected chi connectivity index (χ0v) is 12.1. The van der Waals surface area contributed by atoms with Gasteiger partial charge in [0, 0.05) is 11.1 Å². The molecule has 21 heavy (non-hydrogen) atoms. The highest BCUT2D eigenvalue weighted by Gasteiger charge is 2.08. The fraction of sp³-hybridized carbons (Fsp3) is 0.235. The van der Waals surface area contributed by atoms with Crippen LogP contribution in [0.3, 0.4) is 0 Å². The van der Waals surface area contributed by atoms with Gasteiger partial charge in [-0.3, -0.25) is 4.79 Å². The van der Waals surface area contributed by atoms with E-state index in [1.165, 1.54) is 23.8 Å². The molecule has 0 fully saturated rings. The molecule has 2 rings (SSSR count). The van der Waals surface area contributed by atoms with Gasteiger partial charge in [0.1, 0.15) is 18.2 Å². The predicted molar refractivity (Wildman–Crippen MR) is 79.8 cm³/mol. The number of rotatable bonds is 5. The highest BCUT2D eigenvalue weighted by atomic mass is 19.1. The van der Waals surface area contributed by atoms with E-state index in [4.69, 9.17) is 10.5 Å². The summed E-state index contributed by atoms with van der Waals surface area (Å²) in [5, 5.41) is 0. The quantitative estimate of drug-likeness (QED) is 0.913. The first-order valence-corrected chi connectivity index (χ1v) is 6.78. The molecule has 4 heteroatoms. The van der Waals surface area contributed by atoms with E-state index in [2.05, 4.69) is 13.8 Å². The predicted octanol–water partition coefficient (Wildman–Crippen LogP) is 3.63. The number of carbonyl (C=O) groups excluding carboxylic acids is 1. The molecule has 0 bridgehead atoms. The molecule has 2 aromatic rings. The van der Waals surface area contributed by atoms with Crippen molar-refractivity contribution in [3.8, 4) is 5.75 Å². The zero-order valence-electron chi connectivity index (χ0n) is 12.1. The molecule has 0 aliphatic heterocycles. The largest absolute Gasteiger partial charge is 0.489 e. The number of halogens is 1. The molecule has 1 amide bonds. The van der Waals surface area contributed by atoms with Gasteiger partial charge in [0.05, 0.1) is 0 Å². The van der Waals surface area contributed by atoms with Crippen molar-refractivity contribution < 1.29 is 13.9 Å². The molecular formula is C17H18FNO2. The lowest BCUT2D eigenvalue weighted by atomic mass is 10.0. The summed E-state index contributed by atoms with van der Waals surface area (Å²) in [6.07, 6.45) is 0. The molecule has 2 aromatic carbocycles. The lowest BCUT2D eigenvalue weighted by Crippen LogP contribution is -2.12. The minimum atomic E-state index is -0.586. The topological polar surface area (TPSA) is 52.3 Å². The second-order valence-corrected chi connectivity index (χ2v) is 5.18. The molecule has 0 saturated heterocycles. The lowest BCUT2D eigenvalue weighted by molar-refractivity contribution is 0.1000. The fourth-order valence-electron chi connectivity index (χ4n) is 1.95. The van der Waals surface area contributed by atoms with Crippen LogP contribution in [0.2, 0.25) is 0 Å². The highest BCUT2D eigenvalue weighted by molar-refractivity contribution is 5.92. The number of ether oxygens (including phenoxy) is 1.